The normalized spacial score (nSPS) is 22.5. The third-order valence-electron chi connectivity index (χ3n) is 10.4. The number of rotatable bonds is 8. The lowest BCUT2D eigenvalue weighted by Crippen LogP contribution is -2.48. The summed E-state index contributed by atoms with van der Waals surface area (Å²) in [6.07, 6.45) is 4.71. The van der Waals surface area contributed by atoms with E-state index in [-0.39, 0.29) is 24.1 Å². The van der Waals surface area contributed by atoms with Crippen LogP contribution in [-0.2, 0) is 14.9 Å². The fourth-order valence-corrected chi connectivity index (χ4v) is 8.14. The summed E-state index contributed by atoms with van der Waals surface area (Å²) < 4.78 is 5.99. The van der Waals surface area contributed by atoms with Crippen LogP contribution in [0.15, 0.2) is 66.7 Å². The number of nitrogens with zero attached hydrogens (tertiary/aromatic N) is 3. The molecule has 7 heteroatoms. The van der Waals surface area contributed by atoms with Gasteiger partial charge < -0.3 is 19.9 Å². The molecule has 0 bridgehead atoms. The van der Waals surface area contributed by atoms with E-state index in [1.165, 1.54) is 11.1 Å². The second-order valence-corrected chi connectivity index (χ2v) is 12.8. The van der Waals surface area contributed by atoms with Crippen molar-refractivity contribution in [3.8, 4) is 11.1 Å². The molecule has 7 rings (SSSR count). The number of ether oxygens (including phenoxy) is 1. The topological polar surface area (TPSA) is 65.1 Å². The zero-order valence-electron chi connectivity index (χ0n) is 26.1. The lowest BCUT2D eigenvalue weighted by Gasteiger charge is -2.37. The van der Waals surface area contributed by atoms with E-state index in [1.807, 2.05) is 11.8 Å². The maximum absolute atomic E-state index is 13.8. The third kappa shape index (κ3) is 4.81. The molecule has 230 valence electrons. The molecule has 7 nitrogen and oxygen atoms in total. The predicted molar refractivity (Wildman–Crippen MR) is 174 cm³/mol. The van der Waals surface area contributed by atoms with E-state index in [0.29, 0.717) is 6.54 Å². The van der Waals surface area contributed by atoms with Crippen LogP contribution in [0.1, 0.15) is 79.0 Å². The second-order valence-electron chi connectivity index (χ2n) is 12.8. The van der Waals surface area contributed by atoms with Crippen molar-refractivity contribution in [2.45, 2.75) is 63.6 Å². The number of hydrogen-bond donors (Lipinski definition) is 1. The average Bonchev–Trinajstić information content (AvgIpc) is 3.50. The van der Waals surface area contributed by atoms with Crippen molar-refractivity contribution in [2.24, 2.45) is 0 Å². The first-order chi connectivity index (χ1) is 21.5. The van der Waals surface area contributed by atoms with Crippen LogP contribution in [0.4, 0.5) is 5.69 Å². The molecular weight excluding hydrogens is 548 g/mol. The van der Waals surface area contributed by atoms with E-state index in [4.69, 9.17) is 4.74 Å². The molecule has 0 saturated carbocycles. The average molecular weight is 593 g/mol. The highest BCUT2D eigenvalue weighted by Gasteiger charge is 2.48. The van der Waals surface area contributed by atoms with Gasteiger partial charge in [-0.05, 0) is 92.4 Å². The fourth-order valence-electron chi connectivity index (χ4n) is 8.14. The van der Waals surface area contributed by atoms with Gasteiger partial charge in [0.2, 0.25) is 5.91 Å². The first-order valence-electron chi connectivity index (χ1n) is 16.6. The molecule has 2 atom stereocenters. The summed E-state index contributed by atoms with van der Waals surface area (Å²) in [7, 11) is 0. The van der Waals surface area contributed by atoms with Gasteiger partial charge in [0.25, 0.3) is 5.91 Å². The van der Waals surface area contributed by atoms with E-state index < -0.39 is 5.41 Å². The van der Waals surface area contributed by atoms with E-state index in [9.17, 15) is 9.59 Å². The highest BCUT2D eigenvalue weighted by molar-refractivity contribution is 6.01. The third-order valence-corrected chi connectivity index (χ3v) is 10.4. The number of hydrogen-bond acceptors (Lipinski definition) is 5. The Morgan fingerprint density at radius 1 is 0.932 bits per heavy atom. The smallest absolute Gasteiger partial charge is 0.256 e. The van der Waals surface area contributed by atoms with Crippen molar-refractivity contribution in [1.29, 1.82) is 0 Å². The van der Waals surface area contributed by atoms with E-state index >= 15 is 0 Å². The molecule has 3 aliphatic heterocycles. The number of fused-ring (bicyclic) bond motifs is 4. The number of amides is 2. The molecule has 2 unspecified atom stereocenters. The molecule has 2 amide bonds. The van der Waals surface area contributed by atoms with Gasteiger partial charge in [-0.25, -0.2) is 0 Å². The Morgan fingerprint density at radius 3 is 2.30 bits per heavy atom. The fraction of sp³-hybridized carbons (Fsp3) is 0.459. The Hall–Kier alpha value is -3.68. The van der Waals surface area contributed by atoms with Crippen LogP contribution < -0.4 is 10.2 Å². The molecule has 0 aromatic heterocycles. The lowest BCUT2D eigenvalue weighted by atomic mass is 9.73. The van der Waals surface area contributed by atoms with Crippen LogP contribution in [0.3, 0.4) is 0 Å². The molecule has 4 aliphatic rings. The Labute approximate surface area is 261 Å². The maximum atomic E-state index is 13.8. The van der Waals surface area contributed by atoms with Crippen molar-refractivity contribution in [3.05, 3.63) is 89.0 Å². The number of anilines is 1. The Bertz CT molecular complexity index is 1490. The second kappa shape index (κ2) is 12.0. The Balaban J connectivity index is 1.01. The van der Waals surface area contributed by atoms with Crippen molar-refractivity contribution in [1.82, 2.24) is 15.1 Å². The van der Waals surface area contributed by atoms with Gasteiger partial charge in [-0.15, -0.1) is 0 Å². The van der Waals surface area contributed by atoms with Crippen molar-refractivity contribution in [3.63, 3.8) is 0 Å². The van der Waals surface area contributed by atoms with Gasteiger partial charge in [-0.1, -0.05) is 54.6 Å². The number of nitrogens with one attached hydrogen (secondary N) is 1. The van der Waals surface area contributed by atoms with Crippen LogP contribution in [-0.4, -0.2) is 73.7 Å². The Kier molecular flexibility index (Phi) is 7.93. The molecule has 2 saturated heterocycles. The lowest BCUT2D eigenvalue weighted by molar-refractivity contribution is -0.125. The zero-order valence-corrected chi connectivity index (χ0v) is 26.1. The summed E-state index contributed by atoms with van der Waals surface area (Å²) in [6.45, 7) is 10.2. The van der Waals surface area contributed by atoms with Crippen LogP contribution in [0.25, 0.3) is 11.1 Å². The number of likely N-dealkylation sites (N-methyl/N-ethyl adjacent to an activating group) is 1. The van der Waals surface area contributed by atoms with E-state index in [1.54, 1.807) is 0 Å². The number of carbonyl (C=O) groups is 2. The SMILES string of the molecule is CCNC(=O)C1(CCCN2CCN(c3ccc4c(c3)C(=O)N(C3CCCCO3)C4C)CC2)c2ccccc2-c2ccccc21. The quantitative estimate of drug-likeness (QED) is 0.362. The van der Waals surface area contributed by atoms with Crippen LogP contribution >= 0.6 is 0 Å². The minimum atomic E-state index is -0.657. The largest absolute Gasteiger partial charge is 0.369 e. The monoisotopic (exact) mass is 592 g/mol. The minimum Gasteiger partial charge on any atom is -0.369 e. The van der Waals surface area contributed by atoms with Gasteiger partial charge in [0.1, 0.15) is 11.6 Å². The highest BCUT2D eigenvalue weighted by Crippen LogP contribution is 2.51. The van der Waals surface area contributed by atoms with E-state index in [2.05, 4.69) is 88.8 Å². The predicted octanol–water partition coefficient (Wildman–Crippen LogP) is 5.74. The highest BCUT2D eigenvalue weighted by atomic mass is 16.5. The molecule has 3 aromatic rings. The van der Waals surface area contributed by atoms with Gasteiger partial charge in [-0.2, -0.15) is 0 Å². The number of carbonyl (C=O) groups excluding carboxylic acids is 2. The molecule has 1 aliphatic carbocycles. The summed E-state index contributed by atoms with van der Waals surface area (Å²) in [6, 6.07) is 23.4. The summed E-state index contributed by atoms with van der Waals surface area (Å²) >= 11 is 0. The van der Waals surface area contributed by atoms with Gasteiger partial charge >= 0.3 is 0 Å². The minimum absolute atomic E-state index is 0.0491. The van der Waals surface area contributed by atoms with Gasteiger partial charge in [0, 0.05) is 50.6 Å². The summed E-state index contributed by atoms with van der Waals surface area (Å²) in [5, 5.41) is 3.17. The van der Waals surface area contributed by atoms with Crippen molar-refractivity contribution < 1.29 is 14.3 Å². The van der Waals surface area contributed by atoms with Crippen molar-refractivity contribution in [2.75, 3.05) is 50.8 Å². The number of benzene rings is 3. The standard InChI is InChI=1S/C37H44N4O3/c1-3-38-36(43)37(32-13-6-4-11-29(32)30-12-5-7-14-33(30)37)18-10-19-39-20-22-40(23-21-39)27-16-17-28-26(2)41(35(42)31(28)25-27)34-15-8-9-24-44-34/h4-7,11-14,16-17,25-26,34H,3,8-10,15,18-24H2,1-2H3,(H,38,43). The van der Waals surface area contributed by atoms with Crippen molar-refractivity contribution >= 4 is 17.5 Å². The molecule has 3 aromatic carbocycles. The molecule has 2 fully saturated rings. The van der Waals surface area contributed by atoms with Crippen LogP contribution in [0.2, 0.25) is 0 Å². The van der Waals surface area contributed by atoms with Crippen LogP contribution in [0, 0.1) is 0 Å². The zero-order chi connectivity index (χ0) is 30.3. The first-order valence-corrected chi connectivity index (χ1v) is 16.6. The van der Waals surface area contributed by atoms with Gasteiger partial charge in [0.05, 0.1) is 6.04 Å². The number of piperazine rings is 1. The van der Waals surface area contributed by atoms with Gasteiger partial charge in [0.15, 0.2) is 0 Å². The molecule has 3 heterocycles. The molecular formula is C37H44N4O3. The summed E-state index contributed by atoms with van der Waals surface area (Å²) in [4.78, 5) is 34.2. The molecule has 1 N–H and O–H groups in total. The molecule has 0 spiro atoms. The molecule has 0 radical (unpaired) electrons. The first kappa shape index (κ1) is 29.1. The van der Waals surface area contributed by atoms with Gasteiger partial charge in [-0.3, -0.25) is 14.5 Å². The summed E-state index contributed by atoms with van der Waals surface area (Å²) in [5.74, 6) is 0.215. The molecule has 44 heavy (non-hydrogen) atoms. The Morgan fingerprint density at radius 2 is 1.64 bits per heavy atom. The van der Waals surface area contributed by atoms with Crippen LogP contribution in [0.5, 0.6) is 0 Å². The van der Waals surface area contributed by atoms with E-state index in [0.717, 1.165) is 99.4 Å². The maximum Gasteiger partial charge on any atom is 0.256 e. The summed E-state index contributed by atoms with van der Waals surface area (Å²) in [5.41, 5.74) is 7.04.